The minimum Gasteiger partial charge on any atom is -0.394 e. The van der Waals surface area contributed by atoms with Crippen molar-refractivity contribution >= 4 is 5.71 Å². The molecule has 0 aliphatic heterocycles. The predicted octanol–water partition coefficient (Wildman–Crippen LogP) is 2.79. The molecule has 1 rings (SSSR count). The van der Waals surface area contributed by atoms with Crippen LogP contribution in [0.1, 0.15) is 30.4 Å². The van der Waals surface area contributed by atoms with E-state index < -0.39 is 11.7 Å². The molecule has 0 saturated heterocycles. The van der Waals surface area contributed by atoms with Gasteiger partial charge in [-0.1, -0.05) is 17.3 Å². The molecule has 0 spiro atoms. The van der Waals surface area contributed by atoms with Crippen molar-refractivity contribution < 1.29 is 22.7 Å². The number of unbranched alkanes of at least 4 members (excludes halogenated alkanes) is 1. The minimum atomic E-state index is -4.35. The van der Waals surface area contributed by atoms with Crippen LogP contribution in [-0.2, 0) is 15.8 Å². The number of nitrogens with two attached hydrogens (primary N) is 1. The van der Waals surface area contributed by atoms with Crippen molar-refractivity contribution in [2.75, 3.05) is 40.0 Å². The molecule has 0 aliphatic carbocycles. The van der Waals surface area contributed by atoms with Crippen molar-refractivity contribution in [2.24, 2.45) is 10.9 Å². The second-order valence-electron chi connectivity index (χ2n) is 5.43. The predicted molar refractivity (Wildman–Crippen MR) is 91.6 cm³/mol. The first-order valence-corrected chi connectivity index (χ1v) is 8.25. The summed E-state index contributed by atoms with van der Waals surface area (Å²) in [5, 5.41) is 7.18. The van der Waals surface area contributed by atoms with Crippen LogP contribution >= 0.6 is 0 Å². The van der Waals surface area contributed by atoms with E-state index in [4.69, 9.17) is 15.3 Å². The van der Waals surface area contributed by atoms with Gasteiger partial charge in [0.05, 0.1) is 11.3 Å². The number of nitrogens with one attached hydrogen (secondary N) is 1. The highest BCUT2D eigenvalue weighted by atomic mass is 19.4. The average Bonchev–Trinajstić information content (AvgIpc) is 2.59. The number of hydrogen-bond donors (Lipinski definition) is 2. The van der Waals surface area contributed by atoms with Crippen LogP contribution in [-0.4, -0.2) is 45.7 Å². The maximum atomic E-state index is 12.7. The summed E-state index contributed by atoms with van der Waals surface area (Å²) in [6, 6.07) is 4.97. The number of ether oxygens (including phenoxy) is 1. The summed E-state index contributed by atoms with van der Waals surface area (Å²) in [4.78, 5) is 5.28. The van der Waals surface area contributed by atoms with E-state index in [9.17, 15) is 13.2 Å². The third kappa shape index (κ3) is 8.85. The minimum absolute atomic E-state index is 0.363. The molecule has 0 saturated carbocycles. The van der Waals surface area contributed by atoms with Gasteiger partial charge in [-0.3, -0.25) is 0 Å². The van der Waals surface area contributed by atoms with Crippen LogP contribution in [0.15, 0.2) is 29.4 Å². The van der Waals surface area contributed by atoms with Gasteiger partial charge in [0, 0.05) is 33.4 Å². The standard InChI is InChI=1S/C17H26F3N3O2/c1-24-12-3-2-4-16(23-25-13-11-22-10-9-21)14-5-7-15(8-6-14)17(18,19)20/h5-8,22H,2-4,9-13,21H2,1H3. The van der Waals surface area contributed by atoms with Gasteiger partial charge in [-0.2, -0.15) is 13.2 Å². The number of hydrogen-bond acceptors (Lipinski definition) is 5. The highest BCUT2D eigenvalue weighted by molar-refractivity contribution is 6.00. The Bertz CT molecular complexity index is 505. The molecule has 0 fully saturated rings. The van der Waals surface area contributed by atoms with Crippen LogP contribution in [0, 0.1) is 0 Å². The van der Waals surface area contributed by atoms with E-state index in [0.29, 0.717) is 50.5 Å². The average molecular weight is 361 g/mol. The van der Waals surface area contributed by atoms with E-state index in [1.165, 1.54) is 12.1 Å². The molecule has 0 bridgehead atoms. The molecule has 0 amide bonds. The zero-order valence-corrected chi connectivity index (χ0v) is 14.4. The first-order chi connectivity index (χ1) is 12.0. The quantitative estimate of drug-likeness (QED) is 0.341. The van der Waals surface area contributed by atoms with Crippen LogP contribution < -0.4 is 11.1 Å². The van der Waals surface area contributed by atoms with E-state index in [1.807, 2.05) is 0 Å². The molecular formula is C17H26F3N3O2. The fourth-order valence-electron chi connectivity index (χ4n) is 2.10. The number of methoxy groups -OCH3 is 1. The first kappa shape index (κ1) is 21.4. The van der Waals surface area contributed by atoms with Gasteiger partial charge in [-0.15, -0.1) is 0 Å². The molecule has 1 aromatic rings. The fraction of sp³-hybridized carbons (Fsp3) is 0.588. The summed E-state index contributed by atoms with van der Waals surface area (Å²) in [5.74, 6) is 0. The Hall–Kier alpha value is -1.64. The van der Waals surface area contributed by atoms with Gasteiger partial charge in [-0.05, 0) is 37.0 Å². The molecule has 142 valence electrons. The Labute approximate surface area is 146 Å². The van der Waals surface area contributed by atoms with Gasteiger partial charge in [0.2, 0.25) is 0 Å². The lowest BCUT2D eigenvalue weighted by molar-refractivity contribution is -0.137. The number of alkyl halides is 3. The van der Waals surface area contributed by atoms with Crippen LogP contribution in [0.2, 0.25) is 0 Å². The van der Waals surface area contributed by atoms with Gasteiger partial charge in [0.25, 0.3) is 0 Å². The molecule has 5 nitrogen and oxygen atoms in total. The van der Waals surface area contributed by atoms with Gasteiger partial charge in [0.15, 0.2) is 0 Å². The molecule has 0 radical (unpaired) electrons. The maximum absolute atomic E-state index is 12.7. The van der Waals surface area contributed by atoms with Crippen molar-refractivity contribution in [3.63, 3.8) is 0 Å². The van der Waals surface area contributed by atoms with E-state index in [0.717, 1.165) is 25.0 Å². The third-order valence-corrected chi connectivity index (χ3v) is 3.42. The van der Waals surface area contributed by atoms with E-state index in [2.05, 4.69) is 10.5 Å². The Morgan fingerprint density at radius 2 is 1.84 bits per heavy atom. The fourth-order valence-corrected chi connectivity index (χ4v) is 2.10. The second-order valence-corrected chi connectivity index (χ2v) is 5.43. The lowest BCUT2D eigenvalue weighted by Crippen LogP contribution is -2.25. The molecule has 0 atom stereocenters. The maximum Gasteiger partial charge on any atom is 0.416 e. The summed E-state index contributed by atoms with van der Waals surface area (Å²) in [5.41, 5.74) is 5.94. The van der Waals surface area contributed by atoms with Crippen LogP contribution in [0.25, 0.3) is 0 Å². The van der Waals surface area contributed by atoms with Gasteiger partial charge in [0.1, 0.15) is 6.61 Å². The topological polar surface area (TPSA) is 68.9 Å². The Morgan fingerprint density at radius 3 is 2.44 bits per heavy atom. The molecule has 0 aliphatic rings. The molecular weight excluding hydrogens is 335 g/mol. The molecule has 0 aromatic heterocycles. The molecule has 3 N–H and O–H groups in total. The summed E-state index contributed by atoms with van der Waals surface area (Å²) < 4.78 is 43.0. The highest BCUT2D eigenvalue weighted by Crippen LogP contribution is 2.29. The molecule has 1 aromatic carbocycles. The van der Waals surface area contributed by atoms with Gasteiger partial charge < -0.3 is 20.6 Å². The molecule has 25 heavy (non-hydrogen) atoms. The van der Waals surface area contributed by atoms with Crippen molar-refractivity contribution in [3.8, 4) is 0 Å². The lowest BCUT2D eigenvalue weighted by Gasteiger charge is -2.10. The van der Waals surface area contributed by atoms with Crippen molar-refractivity contribution in [3.05, 3.63) is 35.4 Å². The zero-order valence-electron chi connectivity index (χ0n) is 14.4. The second kappa shape index (κ2) is 11.8. The first-order valence-electron chi connectivity index (χ1n) is 8.25. The zero-order chi connectivity index (χ0) is 18.5. The summed E-state index contributed by atoms with van der Waals surface area (Å²) in [7, 11) is 1.63. The largest absolute Gasteiger partial charge is 0.416 e. The van der Waals surface area contributed by atoms with Crippen molar-refractivity contribution in [2.45, 2.75) is 25.4 Å². The number of rotatable bonds is 12. The van der Waals surface area contributed by atoms with Gasteiger partial charge >= 0.3 is 6.18 Å². The summed E-state index contributed by atoms with van der Waals surface area (Å²) in [6.45, 7) is 2.83. The molecule has 0 unspecified atom stereocenters. The number of benzene rings is 1. The van der Waals surface area contributed by atoms with Crippen LogP contribution in [0.4, 0.5) is 13.2 Å². The summed E-state index contributed by atoms with van der Waals surface area (Å²) in [6.07, 6.45) is -2.10. The van der Waals surface area contributed by atoms with E-state index in [-0.39, 0.29) is 0 Å². The Morgan fingerprint density at radius 1 is 1.12 bits per heavy atom. The third-order valence-electron chi connectivity index (χ3n) is 3.42. The lowest BCUT2D eigenvalue weighted by atomic mass is 10.0. The molecule has 0 heterocycles. The monoisotopic (exact) mass is 361 g/mol. The number of nitrogens with zero attached hydrogens (tertiary/aromatic N) is 1. The van der Waals surface area contributed by atoms with Crippen LogP contribution in [0.5, 0.6) is 0 Å². The smallest absolute Gasteiger partial charge is 0.394 e. The van der Waals surface area contributed by atoms with Crippen molar-refractivity contribution in [1.82, 2.24) is 5.32 Å². The Kier molecular flexibility index (Phi) is 10.1. The highest BCUT2D eigenvalue weighted by Gasteiger charge is 2.30. The Balaban J connectivity index is 2.68. The SMILES string of the molecule is COCCCCC(=NOCCNCCN)c1ccc(C(F)(F)F)cc1. The summed E-state index contributed by atoms with van der Waals surface area (Å²) >= 11 is 0. The number of oxime groups is 1. The van der Waals surface area contributed by atoms with E-state index >= 15 is 0 Å². The van der Waals surface area contributed by atoms with Crippen molar-refractivity contribution in [1.29, 1.82) is 0 Å². The van der Waals surface area contributed by atoms with Gasteiger partial charge in [-0.25, -0.2) is 0 Å². The normalized spacial score (nSPS) is 12.4. The van der Waals surface area contributed by atoms with Crippen LogP contribution in [0.3, 0.4) is 0 Å². The molecule has 8 heteroatoms. The number of halogens is 3. The van der Waals surface area contributed by atoms with E-state index in [1.54, 1.807) is 7.11 Å².